The molecule has 3 N–H and O–H groups in total. The molecular formula is C17H17N5O2. The summed E-state index contributed by atoms with van der Waals surface area (Å²) in [5, 5.41) is 13.9. The van der Waals surface area contributed by atoms with Crippen LogP contribution in [0.2, 0.25) is 0 Å². The van der Waals surface area contributed by atoms with Gasteiger partial charge in [0.05, 0.1) is 17.3 Å². The summed E-state index contributed by atoms with van der Waals surface area (Å²) >= 11 is 0. The number of pyridine rings is 1. The summed E-state index contributed by atoms with van der Waals surface area (Å²) in [6, 6.07) is 9.02. The Morgan fingerprint density at radius 3 is 3.00 bits per heavy atom. The predicted octanol–water partition coefficient (Wildman–Crippen LogP) is 1.95. The van der Waals surface area contributed by atoms with Gasteiger partial charge >= 0.3 is 0 Å². The van der Waals surface area contributed by atoms with Crippen molar-refractivity contribution in [3.8, 4) is 5.88 Å². The van der Waals surface area contributed by atoms with E-state index >= 15 is 0 Å². The second-order valence-corrected chi connectivity index (χ2v) is 5.74. The van der Waals surface area contributed by atoms with E-state index in [1.165, 1.54) is 6.20 Å². The van der Waals surface area contributed by atoms with Gasteiger partial charge in [-0.1, -0.05) is 0 Å². The second-order valence-electron chi connectivity index (χ2n) is 5.74. The third kappa shape index (κ3) is 3.07. The molecule has 0 unspecified atom stereocenters. The number of ether oxygens (including phenoxy) is 1. The zero-order valence-corrected chi connectivity index (χ0v) is 13.0. The molecular weight excluding hydrogens is 306 g/mol. The molecule has 3 aromatic rings. The Hall–Kier alpha value is -2.93. The van der Waals surface area contributed by atoms with E-state index < -0.39 is 0 Å². The second kappa shape index (κ2) is 6.29. The number of nitrogens with one attached hydrogen (secondary N) is 3. The van der Waals surface area contributed by atoms with Crippen LogP contribution in [0.25, 0.3) is 10.9 Å². The molecule has 1 saturated heterocycles. The molecule has 24 heavy (non-hydrogen) atoms. The Balaban J connectivity index is 1.43. The van der Waals surface area contributed by atoms with Gasteiger partial charge in [-0.05, 0) is 37.2 Å². The molecule has 1 amide bonds. The summed E-state index contributed by atoms with van der Waals surface area (Å²) in [4.78, 5) is 16.5. The number of rotatable bonds is 4. The maximum atomic E-state index is 12.3. The van der Waals surface area contributed by atoms with Crippen LogP contribution in [0.3, 0.4) is 0 Å². The smallest absolute Gasteiger partial charge is 0.257 e. The molecule has 4 rings (SSSR count). The number of hydrogen-bond acceptors (Lipinski definition) is 5. The van der Waals surface area contributed by atoms with Gasteiger partial charge in [0.1, 0.15) is 6.10 Å². The lowest BCUT2D eigenvalue weighted by atomic mass is 10.2. The molecule has 0 saturated carbocycles. The van der Waals surface area contributed by atoms with Crippen LogP contribution in [-0.2, 0) is 0 Å². The van der Waals surface area contributed by atoms with E-state index in [1.54, 1.807) is 18.3 Å². The molecule has 0 spiro atoms. The van der Waals surface area contributed by atoms with E-state index in [1.807, 2.05) is 18.2 Å². The monoisotopic (exact) mass is 323 g/mol. The van der Waals surface area contributed by atoms with Crippen LogP contribution in [0.1, 0.15) is 16.8 Å². The number of H-pyrrole nitrogens is 1. The van der Waals surface area contributed by atoms with Gasteiger partial charge in [0.15, 0.2) is 0 Å². The normalized spacial score (nSPS) is 17.1. The minimum atomic E-state index is -0.209. The summed E-state index contributed by atoms with van der Waals surface area (Å²) in [5.74, 6) is 0.333. The highest BCUT2D eigenvalue weighted by Gasteiger charge is 2.16. The van der Waals surface area contributed by atoms with E-state index in [4.69, 9.17) is 4.74 Å². The molecule has 1 atom stereocenters. The summed E-state index contributed by atoms with van der Waals surface area (Å²) < 4.78 is 5.75. The Kier molecular flexibility index (Phi) is 3.84. The number of fused-ring (bicyclic) bond motifs is 1. The van der Waals surface area contributed by atoms with Crippen molar-refractivity contribution in [1.82, 2.24) is 20.5 Å². The molecule has 122 valence electrons. The molecule has 0 aliphatic carbocycles. The number of carbonyl (C=O) groups excluding carboxylic acids is 1. The first-order valence-corrected chi connectivity index (χ1v) is 7.86. The first kappa shape index (κ1) is 14.6. The number of amides is 1. The van der Waals surface area contributed by atoms with Crippen LogP contribution >= 0.6 is 0 Å². The summed E-state index contributed by atoms with van der Waals surface area (Å²) in [6.45, 7) is 1.80. The van der Waals surface area contributed by atoms with Crippen molar-refractivity contribution in [2.45, 2.75) is 12.5 Å². The quantitative estimate of drug-likeness (QED) is 0.682. The first-order chi connectivity index (χ1) is 11.8. The molecule has 7 nitrogen and oxygen atoms in total. The molecule has 1 aromatic carbocycles. The van der Waals surface area contributed by atoms with Gasteiger partial charge in [-0.3, -0.25) is 9.89 Å². The average molecular weight is 323 g/mol. The number of carbonyl (C=O) groups is 1. The largest absolute Gasteiger partial charge is 0.473 e. The summed E-state index contributed by atoms with van der Waals surface area (Å²) in [6.07, 6.45) is 4.37. The van der Waals surface area contributed by atoms with Crippen LogP contribution < -0.4 is 15.4 Å². The average Bonchev–Trinajstić information content (AvgIpc) is 3.26. The molecule has 1 aliphatic rings. The molecule has 1 aliphatic heterocycles. The third-order valence-corrected chi connectivity index (χ3v) is 4.00. The van der Waals surface area contributed by atoms with Crippen LogP contribution in [0.4, 0.5) is 5.69 Å². The van der Waals surface area contributed by atoms with Crippen molar-refractivity contribution in [3.63, 3.8) is 0 Å². The number of anilines is 1. The highest BCUT2D eigenvalue weighted by atomic mass is 16.5. The van der Waals surface area contributed by atoms with Gasteiger partial charge in [-0.2, -0.15) is 5.10 Å². The molecule has 1 fully saturated rings. The van der Waals surface area contributed by atoms with Crippen molar-refractivity contribution in [2.75, 3.05) is 18.4 Å². The number of nitrogens with zero attached hydrogens (tertiary/aromatic N) is 2. The van der Waals surface area contributed by atoms with Gasteiger partial charge in [0.2, 0.25) is 5.88 Å². The van der Waals surface area contributed by atoms with Crippen molar-refractivity contribution < 1.29 is 9.53 Å². The van der Waals surface area contributed by atoms with Crippen LogP contribution in [0.15, 0.2) is 42.7 Å². The zero-order chi connectivity index (χ0) is 16.4. The van der Waals surface area contributed by atoms with E-state index in [9.17, 15) is 4.79 Å². The van der Waals surface area contributed by atoms with Crippen molar-refractivity contribution in [2.24, 2.45) is 0 Å². The van der Waals surface area contributed by atoms with Gasteiger partial charge < -0.3 is 15.4 Å². The lowest BCUT2D eigenvalue weighted by Crippen LogP contribution is -2.20. The highest BCUT2D eigenvalue weighted by Crippen LogP contribution is 2.18. The minimum absolute atomic E-state index is 0.152. The highest BCUT2D eigenvalue weighted by molar-refractivity contribution is 6.04. The fourth-order valence-electron chi connectivity index (χ4n) is 2.71. The fraction of sp³-hybridized carbons (Fsp3) is 0.235. The van der Waals surface area contributed by atoms with E-state index in [-0.39, 0.29) is 12.0 Å². The lowest BCUT2D eigenvalue weighted by Gasteiger charge is -2.11. The van der Waals surface area contributed by atoms with Crippen molar-refractivity contribution in [3.05, 3.63) is 48.3 Å². The summed E-state index contributed by atoms with van der Waals surface area (Å²) in [5.41, 5.74) is 2.13. The van der Waals surface area contributed by atoms with Crippen molar-refractivity contribution >= 4 is 22.5 Å². The fourth-order valence-corrected chi connectivity index (χ4v) is 2.71. The van der Waals surface area contributed by atoms with Crippen LogP contribution in [0, 0.1) is 0 Å². The van der Waals surface area contributed by atoms with Gasteiger partial charge in [0.25, 0.3) is 5.91 Å². The van der Waals surface area contributed by atoms with Crippen molar-refractivity contribution in [1.29, 1.82) is 0 Å². The minimum Gasteiger partial charge on any atom is -0.473 e. The van der Waals surface area contributed by atoms with Gasteiger partial charge in [0, 0.05) is 29.9 Å². The lowest BCUT2D eigenvalue weighted by molar-refractivity contribution is 0.102. The van der Waals surface area contributed by atoms with Crippen LogP contribution in [-0.4, -0.2) is 40.3 Å². The summed E-state index contributed by atoms with van der Waals surface area (Å²) in [7, 11) is 0. The third-order valence-electron chi connectivity index (χ3n) is 4.00. The van der Waals surface area contributed by atoms with E-state index in [0.717, 1.165) is 30.4 Å². The number of aromatic nitrogens is 3. The van der Waals surface area contributed by atoms with Gasteiger partial charge in [-0.25, -0.2) is 4.98 Å². The number of benzene rings is 1. The van der Waals surface area contributed by atoms with E-state index in [0.29, 0.717) is 17.1 Å². The molecule has 0 bridgehead atoms. The molecule has 3 heterocycles. The number of hydrogen-bond donors (Lipinski definition) is 3. The van der Waals surface area contributed by atoms with Crippen LogP contribution in [0.5, 0.6) is 5.88 Å². The Morgan fingerprint density at radius 1 is 1.25 bits per heavy atom. The maximum absolute atomic E-state index is 12.3. The van der Waals surface area contributed by atoms with Gasteiger partial charge in [-0.15, -0.1) is 0 Å². The Bertz CT molecular complexity index is 853. The Labute approximate surface area is 138 Å². The topological polar surface area (TPSA) is 91.9 Å². The number of aromatic amines is 1. The van der Waals surface area contributed by atoms with E-state index in [2.05, 4.69) is 25.8 Å². The zero-order valence-electron chi connectivity index (χ0n) is 13.0. The first-order valence-electron chi connectivity index (χ1n) is 7.86. The molecule has 2 aromatic heterocycles. The SMILES string of the molecule is O=C(Nc1ccc2[nH]ncc2c1)c1ccc(O[C@H]2CCNC2)nc1. The molecule has 0 radical (unpaired) electrons. The molecule has 7 heteroatoms. The Morgan fingerprint density at radius 2 is 2.21 bits per heavy atom. The standard InChI is InChI=1S/C17H17N5O2/c23-17(21-13-2-3-15-12(7-13)9-20-22-15)11-1-4-16(19-8-11)24-14-5-6-18-10-14/h1-4,7-9,14,18H,5-6,10H2,(H,20,22)(H,21,23)/t14-/m0/s1. The predicted molar refractivity (Wildman–Crippen MR) is 90.2 cm³/mol. The maximum Gasteiger partial charge on any atom is 0.257 e.